The van der Waals surface area contributed by atoms with Gasteiger partial charge in [-0.2, -0.15) is 4.37 Å². The molecule has 0 bridgehead atoms. The van der Waals surface area contributed by atoms with Gasteiger partial charge < -0.3 is 16.8 Å². The fourth-order valence-electron chi connectivity index (χ4n) is 2.89. The maximum atomic E-state index is 13.5. The Hall–Kier alpha value is -2.94. The van der Waals surface area contributed by atoms with Crippen LogP contribution >= 0.6 is 11.5 Å². The first-order valence-electron chi connectivity index (χ1n) is 9.23. The molecule has 5 N–H and O–H groups in total. The first-order chi connectivity index (χ1) is 13.5. The van der Waals surface area contributed by atoms with Gasteiger partial charge in [0.05, 0.1) is 5.69 Å². The summed E-state index contributed by atoms with van der Waals surface area (Å²) in [7, 11) is 0. The summed E-state index contributed by atoms with van der Waals surface area (Å²) in [5.74, 6) is -1.60. The number of hydrogen-bond acceptors (Lipinski definition) is 6. The van der Waals surface area contributed by atoms with Gasteiger partial charge in [-0.3, -0.25) is 19.3 Å². The Bertz CT molecular complexity index is 932. The predicted octanol–water partition coefficient (Wildman–Crippen LogP) is 2.47. The molecule has 0 radical (unpaired) electrons. The second-order valence-corrected chi connectivity index (χ2v) is 8.59. The number of nitrogens with two attached hydrogens (primary N) is 2. The van der Waals surface area contributed by atoms with Crippen molar-refractivity contribution < 1.29 is 14.4 Å². The highest BCUT2D eigenvalue weighted by Crippen LogP contribution is 2.29. The van der Waals surface area contributed by atoms with Gasteiger partial charge in [-0.1, -0.05) is 19.1 Å². The molecule has 1 aromatic carbocycles. The third kappa shape index (κ3) is 5.11. The summed E-state index contributed by atoms with van der Waals surface area (Å²) in [6, 6.07) is 6.50. The molecule has 2 rings (SSSR count). The monoisotopic (exact) mass is 417 g/mol. The number of aromatic nitrogens is 1. The molecule has 29 heavy (non-hydrogen) atoms. The molecule has 2 aromatic rings. The van der Waals surface area contributed by atoms with Crippen LogP contribution in [0.1, 0.15) is 59.8 Å². The number of carbonyl (C=O) groups is 3. The smallest absolute Gasteiger partial charge is 0.272 e. The molecule has 1 aromatic heterocycles. The first kappa shape index (κ1) is 22.4. The number of anilines is 2. The van der Waals surface area contributed by atoms with Crippen molar-refractivity contribution in [2.75, 3.05) is 10.6 Å². The number of amides is 3. The molecular formula is C20H27N5O3S. The molecule has 1 atom stereocenters. The number of benzene rings is 1. The summed E-state index contributed by atoms with van der Waals surface area (Å²) in [5, 5.41) is 2.93. The number of nitrogens with one attached hydrogen (secondary N) is 1. The van der Waals surface area contributed by atoms with E-state index in [0.29, 0.717) is 12.1 Å². The van der Waals surface area contributed by atoms with E-state index in [4.69, 9.17) is 11.5 Å². The Labute approximate surface area is 174 Å². The minimum Gasteiger partial charge on any atom is -0.395 e. The van der Waals surface area contributed by atoms with Crippen LogP contribution in [0.15, 0.2) is 24.3 Å². The van der Waals surface area contributed by atoms with Crippen LogP contribution in [-0.4, -0.2) is 33.7 Å². The lowest BCUT2D eigenvalue weighted by atomic mass is 10.0. The maximum absolute atomic E-state index is 13.5. The van der Waals surface area contributed by atoms with Crippen molar-refractivity contribution in [1.29, 1.82) is 0 Å². The van der Waals surface area contributed by atoms with Crippen LogP contribution in [0.4, 0.5) is 11.4 Å². The molecule has 9 heteroatoms. The molecule has 0 saturated carbocycles. The second-order valence-electron chi connectivity index (χ2n) is 7.82. The summed E-state index contributed by atoms with van der Waals surface area (Å²) in [4.78, 5) is 39.4. The predicted molar refractivity (Wildman–Crippen MR) is 115 cm³/mol. The third-order valence-corrected chi connectivity index (χ3v) is 5.00. The molecule has 3 amide bonds. The van der Waals surface area contributed by atoms with E-state index >= 15 is 0 Å². The van der Waals surface area contributed by atoms with Gasteiger partial charge in [-0.05, 0) is 63.3 Å². The lowest BCUT2D eigenvalue weighted by molar-refractivity contribution is -0.123. The van der Waals surface area contributed by atoms with Crippen LogP contribution < -0.4 is 21.7 Å². The van der Waals surface area contributed by atoms with Crippen molar-refractivity contribution >= 4 is 40.6 Å². The zero-order valence-corrected chi connectivity index (χ0v) is 18.1. The van der Waals surface area contributed by atoms with Gasteiger partial charge >= 0.3 is 0 Å². The topological polar surface area (TPSA) is 131 Å². The zero-order chi connectivity index (χ0) is 21.9. The molecular weight excluding hydrogens is 390 g/mol. The Morgan fingerprint density at radius 3 is 2.41 bits per heavy atom. The average molecular weight is 418 g/mol. The number of rotatable bonds is 6. The normalized spacial score (nSPS) is 12.3. The van der Waals surface area contributed by atoms with E-state index in [1.54, 1.807) is 6.07 Å². The van der Waals surface area contributed by atoms with Crippen molar-refractivity contribution in [2.24, 2.45) is 5.73 Å². The van der Waals surface area contributed by atoms with Crippen LogP contribution in [0.5, 0.6) is 0 Å². The van der Waals surface area contributed by atoms with Crippen LogP contribution in [0.3, 0.4) is 0 Å². The Morgan fingerprint density at radius 2 is 1.93 bits per heavy atom. The highest BCUT2D eigenvalue weighted by atomic mass is 32.1. The molecule has 0 aliphatic rings. The number of aryl methyl sites for hydroxylation is 1. The van der Waals surface area contributed by atoms with Crippen molar-refractivity contribution in [3.05, 3.63) is 40.4 Å². The van der Waals surface area contributed by atoms with Crippen LogP contribution in [-0.2, 0) is 4.79 Å². The lowest BCUT2D eigenvalue weighted by Gasteiger charge is -2.33. The standard InChI is InChI=1S/C20H27N5O3S/c1-6-13(18(27)23-20(3,4)5)25(12-9-7-8-11(2)10-12)19(28)16-14(21)15(17(22)26)24-29-16/h7-10,13H,6,21H2,1-5H3,(H2,22,26)(H,23,27). The first-order valence-corrected chi connectivity index (χ1v) is 10.0. The van der Waals surface area contributed by atoms with E-state index < -0.39 is 23.4 Å². The summed E-state index contributed by atoms with van der Waals surface area (Å²) < 4.78 is 3.91. The van der Waals surface area contributed by atoms with E-state index in [1.807, 2.05) is 52.8 Å². The average Bonchev–Trinajstić information content (AvgIpc) is 2.99. The Kier molecular flexibility index (Phi) is 6.63. The third-order valence-electron chi connectivity index (χ3n) is 4.15. The SMILES string of the molecule is CCC(C(=O)NC(C)(C)C)N(C(=O)c1snc(C(N)=O)c1N)c1cccc(C)c1. The summed E-state index contributed by atoms with van der Waals surface area (Å²) in [5.41, 5.74) is 12.1. The summed E-state index contributed by atoms with van der Waals surface area (Å²) >= 11 is 0.794. The number of carbonyl (C=O) groups excluding carboxylic acids is 3. The van der Waals surface area contributed by atoms with Gasteiger partial charge in [0.1, 0.15) is 10.9 Å². The fourth-order valence-corrected chi connectivity index (χ4v) is 3.64. The van der Waals surface area contributed by atoms with E-state index in [0.717, 1.165) is 17.1 Å². The van der Waals surface area contributed by atoms with E-state index in [2.05, 4.69) is 9.69 Å². The van der Waals surface area contributed by atoms with E-state index in [-0.39, 0.29) is 22.2 Å². The molecule has 1 unspecified atom stereocenters. The van der Waals surface area contributed by atoms with Gasteiger partial charge in [0.15, 0.2) is 5.69 Å². The van der Waals surface area contributed by atoms with Crippen molar-refractivity contribution in [3.63, 3.8) is 0 Å². The summed E-state index contributed by atoms with van der Waals surface area (Å²) in [6.45, 7) is 9.34. The van der Waals surface area contributed by atoms with Gasteiger partial charge in [0, 0.05) is 11.2 Å². The molecule has 0 spiro atoms. The number of nitrogen functional groups attached to an aromatic ring is 1. The molecule has 0 saturated heterocycles. The minimum absolute atomic E-state index is 0.0716. The Morgan fingerprint density at radius 1 is 1.28 bits per heavy atom. The highest BCUT2D eigenvalue weighted by molar-refractivity contribution is 7.09. The molecule has 0 aliphatic carbocycles. The van der Waals surface area contributed by atoms with Gasteiger partial charge in [0.25, 0.3) is 11.8 Å². The fraction of sp³-hybridized carbons (Fsp3) is 0.400. The van der Waals surface area contributed by atoms with Gasteiger partial charge in [-0.15, -0.1) is 0 Å². The highest BCUT2D eigenvalue weighted by Gasteiger charge is 2.34. The largest absolute Gasteiger partial charge is 0.395 e. The van der Waals surface area contributed by atoms with Gasteiger partial charge in [-0.25, -0.2) is 0 Å². The molecule has 0 fully saturated rings. The zero-order valence-electron chi connectivity index (χ0n) is 17.3. The van der Waals surface area contributed by atoms with Crippen LogP contribution in [0.2, 0.25) is 0 Å². The minimum atomic E-state index is -0.808. The summed E-state index contributed by atoms with van der Waals surface area (Å²) in [6.07, 6.45) is 0.378. The van der Waals surface area contributed by atoms with E-state index in [1.165, 1.54) is 4.90 Å². The van der Waals surface area contributed by atoms with Crippen LogP contribution in [0, 0.1) is 6.92 Å². The lowest BCUT2D eigenvalue weighted by Crippen LogP contribution is -2.54. The number of hydrogen-bond donors (Lipinski definition) is 3. The molecule has 8 nitrogen and oxygen atoms in total. The molecule has 156 valence electrons. The van der Waals surface area contributed by atoms with Crippen molar-refractivity contribution in [1.82, 2.24) is 9.69 Å². The van der Waals surface area contributed by atoms with Gasteiger partial charge in [0.2, 0.25) is 5.91 Å². The quantitative estimate of drug-likeness (QED) is 0.664. The molecule has 1 heterocycles. The number of nitrogens with zero attached hydrogens (tertiary/aromatic N) is 2. The van der Waals surface area contributed by atoms with E-state index in [9.17, 15) is 14.4 Å². The van der Waals surface area contributed by atoms with Crippen LogP contribution in [0.25, 0.3) is 0 Å². The van der Waals surface area contributed by atoms with Crippen molar-refractivity contribution in [3.8, 4) is 0 Å². The van der Waals surface area contributed by atoms with Crippen molar-refractivity contribution in [2.45, 2.75) is 52.6 Å². The maximum Gasteiger partial charge on any atom is 0.272 e. The molecule has 0 aliphatic heterocycles. The number of primary amides is 1. The second kappa shape index (κ2) is 8.60. The Balaban J connectivity index is 2.57.